The van der Waals surface area contributed by atoms with Gasteiger partial charge in [-0.3, -0.25) is 4.79 Å². The van der Waals surface area contributed by atoms with Gasteiger partial charge in [-0.25, -0.2) is 13.8 Å². The molecule has 0 radical (unpaired) electrons. The van der Waals surface area contributed by atoms with Gasteiger partial charge in [-0.05, 0) is 62.3 Å². The summed E-state index contributed by atoms with van der Waals surface area (Å²) in [7, 11) is 0. The van der Waals surface area contributed by atoms with Gasteiger partial charge in [-0.1, -0.05) is 26.8 Å². The highest BCUT2D eigenvalue weighted by Gasteiger charge is 2.41. The van der Waals surface area contributed by atoms with E-state index in [0.717, 1.165) is 24.1 Å². The Morgan fingerprint density at radius 1 is 1.26 bits per heavy atom. The van der Waals surface area contributed by atoms with E-state index in [-0.39, 0.29) is 29.0 Å². The largest absolute Gasteiger partial charge is 0.438 e. The molecule has 34 heavy (non-hydrogen) atoms. The highest BCUT2D eigenvalue weighted by atomic mass is 19.1. The lowest BCUT2D eigenvalue weighted by Gasteiger charge is -2.41. The third-order valence-electron chi connectivity index (χ3n) is 6.84. The number of carbonyl (C=O) groups excluding carboxylic acids is 1. The summed E-state index contributed by atoms with van der Waals surface area (Å²) in [5.74, 6) is -0.488. The van der Waals surface area contributed by atoms with Crippen LogP contribution < -0.4 is 0 Å². The zero-order valence-electron chi connectivity index (χ0n) is 20.2. The summed E-state index contributed by atoms with van der Waals surface area (Å²) in [5, 5.41) is 8.78. The van der Waals surface area contributed by atoms with Crippen molar-refractivity contribution in [2.45, 2.75) is 58.8 Å². The number of oxazole rings is 1. The van der Waals surface area contributed by atoms with Crippen molar-refractivity contribution in [3.8, 4) is 11.3 Å². The van der Waals surface area contributed by atoms with E-state index < -0.39 is 17.0 Å². The lowest BCUT2D eigenvalue weighted by molar-refractivity contribution is 0.0671. The molecular formula is C26H30F2N4O2. The van der Waals surface area contributed by atoms with Gasteiger partial charge in [0.25, 0.3) is 5.89 Å². The molecule has 3 aromatic rings. The molecule has 0 aliphatic heterocycles. The van der Waals surface area contributed by atoms with Crippen LogP contribution in [0.3, 0.4) is 0 Å². The summed E-state index contributed by atoms with van der Waals surface area (Å²) in [5.41, 5.74) is 1.24. The maximum atomic E-state index is 14.5. The Labute approximate surface area is 198 Å². The van der Waals surface area contributed by atoms with Crippen molar-refractivity contribution in [3.63, 3.8) is 0 Å². The number of fused-ring (bicyclic) bond motifs is 1. The molecular weight excluding hydrogens is 438 g/mol. The fourth-order valence-electron chi connectivity index (χ4n) is 4.95. The van der Waals surface area contributed by atoms with Crippen LogP contribution in [0, 0.1) is 24.5 Å². The van der Waals surface area contributed by atoms with E-state index in [1.54, 1.807) is 17.9 Å². The van der Waals surface area contributed by atoms with E-state index in [1.807, 2.05) is 6.92 Å². The Morgan fingerprint density at radius 3 is 2.56 bits per heavy atom. The SMILES string of the molecule is CCN(C[C@@]1(C)CC[C@H](C(C)C)c2cc(-c3c(F)cccc3F)nnc21)C(=O)c1ncc(C)o1. The number of hydrogen-bond donors (Lipinski definition) is 0. The number of halogens is 2. The first kappa shape index (κ1) is 24.0. The molecule has 6 nitrogen and oxygen atoms in total. The van der Waals surface area contributed by atoms with Gasteiger partial charge in [0.1, 0.15) is 17.4 Å². The molecule has 180 valence electrons. The molecule has 1 aliphatic carbocycles. The number of hydrogen-bond acceptors (Lipinski definition) is 5. The van der Waals surface area contributed by atoms with Crippen LogP contribution in [0.1, 0.15) is 74.2 Å². The van der Waals surface area contributed by atoms with Crippen LogP contribution in [-0.2, 0) is 5.41 Å². The number of amides is 1. The fourth-order valence-corrected chi connectivity index (χ4v) is 4.95. The summed E-state index contributed by atoms with van der Waals surface area (Å²) < 4.78 is 34.4. The summed E-state index contributed by atoms with van der Waals surface area (Å²) in [6.45, 7) is 10.9. The third kappa shape index (κ3) is 4.33. The van der Waals surface area contributed by atoms with E-state index >= 15 is 0 Å². The molecule has 0 fully saturated rings. The minimum Gasteiger partial charge on any atom is -0.438 e. The highest BCUT2D eigenvalue weighted by molar-refractivity contribution is 5.89. The topological polar surface area (TPSA) is 72.1 Å². The van der Waals surface area contributed by atoms with E-state index in [4.69, 9.17) is 4.42 Å². The lowest BCUT2D eigenvalue weighted by atomic mass is 9.67. The summed E-state index contributed by atoms with van der Waals surface area (Å²) in [4.78, 5) is 18.8. The Kier molecular flexibility index (Phi) is 6.51. The smallest absolute Gasteiger partial charge is 0.309 e. The van der Waals surface area contributed by atoms with Crippen molar-refractivity contribution in [1.82, 2.24) is 20.1 Å². The van der Waals surface area contributed by atoms with E-state index in [9.17, 15) is 13.6 Å². The molecule has 0 unspecified atom stereocenters. The van der Waals surface area contributed by atoms with E-state index in [1.165, 1.54) is 24.4 Å². The van der Waals surface area contributed by atoms with Crippen LogP contribution >= 0.6 is 0 Å². The van der Waals surface area contributed by atoms with Crippen LogP contribution in [0.2, 0.25) is 0 Å². The van der Waals surface area contributed by atoms with Crippen LogP contribution in [-0.4, -0.2) is 39.1 Å². The quantitative estimate of drug-likeness (QED) is 0.466. The molecule has 8 heteroatoms. The third-order valence-corrected chi connectivity index (χ3v) is 6.84. The van der Waals surface area contributed by atoms with E-state index in [0.29, 0.717) is 24.8 Å². The molecule has 0 spiro atoms. The van der Waals surface area contributed by atoms with Gasteiger partial charge < -0.3 is 9.32 Å². The fraction of sp³-hybridized carbons (Fsp3) is 0.462. The van der Waals surface area contributed by atoms with Crippen LogP contribution in [0.5, 0.6) is 0 Å². The molecule has 2 aromatic heterocycles. The Morgan fingerprint density at radius 2 is 1.97 bits per heavy atom. The number of aryl methyl sites for hydroxylation is 1. The molecule has 0 N–H and O–H groups in total. The molecule has 2 atom stereocenters. The Balaban J connectivity index is 1.75. The second-order valence-electron chi connectivity index (χ2n) is 9.68. The maximum Gasteiger partial charge on any atom is 0.309 e. The molecule has 0 saturated heterocycles. The summed E-state index contributed by atoms with van der Waals surface area (Å²) in [6.07, 6.45) is 3.20. The minimum absolute atomic E-state index is 0.0653. The molecule has 2 heterocycles. The zero-order valence-corrected chi connectivity index (χ0v) is 20.2. The van der Waals surface area contributed by atoms with Crippen molar-refractivity contribution in [2.24, 2.45) is 5.92 Å². The first-order valence-electron chi connectivity index (χ1n) is 11.7. The number of likely N-dealkylation sites (N-methyl/N-ethyl adjacent to an activating group) is 1. The average Bonchev–Trinajstić information content (AvgIpc) is 3.23. The highest BCUT2D eigenvalue weighted by Crippen LogP contribution is 2.46. The standard InChI is InChI=1S/C26H30F2N4O2/c1-6-32(25(33)24-29-13-16(4)34-24)14-26(5)11-10-17(15(2)3)18-12-21(30-31-23(18)26)22-19(27)8-7-9-20(22)28/h7-9,12-13,15,17H,6,10-11,14H2,1-5H3/t17-,26-/m1/s1. The maximum absolute atomic E-state index is 14.5. The normalized spacial score (nSPS) is 19.8. The van der Waals surface area contributed by atoms with Crippen molar-refractivity contribution < 1.29 is 18.0 Å². The first-order chi connectivity index (χ1) is 16.1. The second-order valence-corrected chi connectivity index (χ2v) is 9.68. The predicted molar refractivity (Wildman–Crippen MR) is 124 cm³/mol. The van der Waals surface area contributed by atoms with Crippen molar-refractivity contribution >= 4 is 5.91 Å². The van der Waals surface area contributed by atoms with Gasteiger partial charge in [0.15, 0.2) is 0 Å². The predicted octanol–water partition coefficient (Wildman–Crippen LogP) is 5.67. The summed E-state index contributed by atoms with van der Waals surface area (Å²) in [6, 6.07) is 5.55. The van der Waals surface area contributed by atoms with Gasteiger partial charge in [0, 0.05) is 18.5 Å². The molecule has 4 rings (SSSR count). The molecule has 1 aromatic carbocycles. The molecule has 0 saturated carbocycles. The average molecular weight is 469 g/mol. The van der Waals surface area contributed by atoms with Crippen LogP contribution in [0.25, 0.3) is 11.3 Å². The van der Waals surface area contributed by atoms with Crippen molar-refractivity contribution in [1.29, 1.82) is 0 Å². The molecule has 1 amide bonds. The number of carbonyl (C=O) groups is 1. The van der Waals surface area contributed by atoms with Gasteiger partial charge in [0.05, 0.1) is 23.1 Å². The number of aromatic nitrogens is 3. The monoisotopic (exact) mass is 468 g/mol. The van der Waals surface area contributed by atoms with Crippen molar-refractivity contribution in [3.05, 3.63) is 65.0 Å². The minimum atomic E-state index is -0.669. The van der Waals surface area contributed by atoms with Crippen molar-refractivity contribution in [2.75, 3.05) is 13.1 Å². The number of benzene rings is 1. The Hall–Kier alpha value is -3.16. The molecule has 0 bridgehead atoms. The first-order valence-corrected chi connectivity index (χ1v) is 11.7. The second kappa shape index (κ2) is 9.24. The van der Waals surface area contributed by atoms with Crippen LogP contribution in [0.4, 0.5) is 8.78 Å². The number of nitrogens with zero attached hydrogens (tertiary/aromatic N) is 4. The van der Waals surface area contributed by atoms with Gasteiger partial charge in [-0.15, -0.1) is 0 Å². The lowest BCUT2D eigenvalue weighted by Crippen LogP contribution is -2.45. The molecule has 1 aliphatic rings. The summed E-state index contributed by atoms with van der Waals surface area (Å²) >= 11 is 0. The van der Waals surface area contributed by atoms with Gasteiger partial charge >= 0.3 is 5.91 Å². The van der Waals surface area contributed by atoms with Gasteiger partial charge in [-0.2, -0.15) is 10.2 Å². The Bertz CT molecular complexity index is 1190. The zero-order chi connectivity index (χ0) is 24.6. The van der Waals surface area contributed by atoms with Crippen LogP contribution in [0.15, 0.2) is 34.9 Å². The van der Waals surface area contributed by atoms with Gasteiger partial charge in [0.2, 0.25) is 0 Å². The van der Waals surface area contributed by atoms with E-state index in [2.05, 4.69) is 36.0 Å². The number of rotatable bonds is 6.